The molecule has 0 bridgehead atoms. The molecular formula is C16H23NO2. The third kappa shape index (κ3) is 2.37. The molecule has 2 heterocycles. The highest BCUT2D eigenvalue weighted by Crippen LogP contribution is 2.40. The molecule has 1 aromatic carbocycles. The van der Waals surface area contributed by atoms with Crippen LogP contribution >= 0.6 is 0 Å². The summed E-state index contributed by atoms with van der Waals surface area (Å²) in [6.45, 7) is 1.88. The van der Waals surface area contributed by atoms with E-state index in [-0.39, 0.29) is 0 Å². The van der Waals surface area contributed by atoms with Gasteiger partial charge >= 0.3 is 0 Å². The van der Waals surface area contributed by atoms with Crippen LogP contribution in [-0.4, -0.2) is 36.2 Å². The molecule has 0 amide bonds. The fraction of sp³-hybridized carbons (Fsp3) is 0.625. The Morgan fingerprint density at radius 1 is 1.26 bits per heavy atom. The first-order chi connectivity index (χ1) is 9.23. The van der Waals surface area contributed by atoms with E-state index in [0.717, 1.165) is 37.2 Å². The van der Waals surface area contributed by atoms with E-state index < -0.39 is 5.60 Å². The standard InChI is InChI=1S/C16H23NO2/c1-19-15-8-3-2-7-14(15)16(18)10-9-13-6-4-5-11-17(13)12-16/h2-3,7-8,13,18H,4-6,9-12H2,1H3. The molecule has 2 saturated heterocycles. The average Bonchev–Trinajstić information content (AvgIpc) is 2.47. The summed E-state index contributed by atoms with van der Waals surface area (Å²) in [4.78, 5) is 2.47. The quantitative estimate of drug-likeness (QED) is 0.888. The number of ether oxygens (including phenoxy) is 1. The molecule has 3 nitrogen and oxygen atoms in total. The predicted octanol–water partition coefficient (Wildman–Crippen LogP) is 2.53. The lowest BCUT2D eigenvalue weighted by atomic mass is 9.80. The van der Waals surface area contributed by atoms with Crippen molar-refractivity contribution in [3.63, 3.8) is 0 Å². The highest BCUT2D eigenvalue weighted by atomic mass is 16.5. The fourth-order valence-electron chi connectivity index (χ4n) is 3.66. The van der Waals surface area contributed by atoms with Crippen molar-refractivity contribution < 1.29 is 9.84 Å². The molecule has 3 heteroatoms. The van der Waals surface area contributed by atoms with Crippen LogP contribution in [0.1, 0.15) is 37.7 Å². The van der Waals surface area contributed by atoms with Gasteiger partial charge in [-0.25, -0.2) is 0 Å². The molecule has 0 aromatic heterocycles. The Morgan fingerprint density at radius 2 is 2.11 bits per heavy atom. The van der Waals surface area contributed by atoms with Crippen LogP contribution in [0, 0.1) is 0 Å². The lowest BCUT2D eigenvalue weighted by Crippen LogP contribution is -2.52. The number of fused-ring (bicyclic) bond motifs is 1. The smallest absolute Gasteiger partial charge is 0.124 e. The normalized spacial score (nSPS) is 31.8. The van der Waals surface area contributed by atoms with Gasteiger partial charge in [0.1, 0.15) is 11.4 Å². The molecule has 1 N–H and O–H groups in total. The Kier molecular flexibility index (Phi) is 3.50. The van der Waals surface area contributed by atoms with Crippen molar-refractivity contribution in [1.29, 1.82) is 0 Å². The lowest BCUT2D eigenvalue weighted by molar-refractivity contribution is -0.0671. The van der Waals surface area contributed by atoms with Crippen LogP contribution in [0.2, 0.25) is 0 Å². The lowest BCUT2D eigenvalue weighted by Gasteiger charge is -2.47. The van der Waals surface area contributed by atoms with Gasteiger partial charge in [0, 0.05) is 18.2 Å². The third-order valence-electron chi connectivity index (χ3n) is 4.71. The molecule has 104 valence electrons. The van der Waals surface area contributed by atoms with Crippen LogP contribution < -0.4 is 4.74 Å². The van der Waals surface area contributed by atoms with Crippen molar-refractivity contribution in [3.05, 3.63) is 29.8 Å². The van der Waals surface area contributed by atoms with Crippen LogP contribution in [0.15, 0.2) is 24.3 Å². The molecule has 0 spiro atoms. The number of benzene rings is 1. The number of nitrogens with zero attached hydrogens (tertiary/aromatic N) is 1. The zero-order valence-electron chi connectivity index (χ0n) is 11.6. The van der Waals surface area contributed by atoms with Crippen molar-refractivity contribution in [2.24, 2.45) is 0 Å². The minimum atomic E-state index is -0.750. The Bertz CT molecular complexity index is 448. The maximum absolute atomic E-state index is 11.1. The van der Waals surface area contributed by atoms with Gasteiger partial charge in [-0.05, 0) is 38.3 Å². The van der Waals surface area contributed by atoms with Gasteiger partial charge in [0.15, 0.2) is 0 Å². The van der Waals surface area contributed by atoms with Gasteiger partial charge in [-0.2, -0.15) is 0 Å². The molecular weight excluding hydrogens is 238 g/mol. The summed E-state index contributed by atoms with van der Waals surface area (Å²) in [5.74, 6) is 0.806. The van der Waals surface area contributed by atoms with Crippen LogP contribution in [-0.2, 0) is 5.60 Å². The maximum atomic E-state index is 11.1. The summed E-state index contributed by atoms with van der Waals surface area (Å²) < 4.78 is 5.42. The Morgan fingerprint density at radius 3 is 2.95 bits per heavy atom. The summed E-state index contributed by atoms with van der Waals surface area (Å²) in [6, 6.07) is 8.57. The Labute approximate surface area is 115 Å². The number of piperidine rings is 2. The second-order valence-corrected chi connectivity index (χ2v) is 5.89. The first-order valence-corrected chi connectivity index (χ1v) is 7.33. The van der Waals surface area contributed by atoms with Gasteiger partial charge < -0.3 is 9.84 Å². The molecule has 2 unspecified atom stereocenters. The van der Waals surface area contributed by atoms with E-state index in [0.29, 0.717) is 6.04 Å². The van der Waals surface area contributed by atoms with Gasteiger partial charge in [0.25, 0.3) is 0 Å². The molecule has 0 saturated carbocycles. The molecule has 2 atom stereocenters. The van der Waals surface area contributed by atoms with Crippen molar-refractivity contribution in [1.82, 2.24) is 4.90 Å². The molecule has 2 aliphatic heterocycles. The average molecular weight is 261 g/mol. The molecule has 1 aromatic rings. The third-order valence-corrected chi connectivity index (χ3v) is 4.71. The largest absolute Gasteiger partial charge is 0.496 e. The topological polar surface area (TPSA) is 32.7 Å². The number of methoxy groups -OCH3 is 1. The molecule has 3 rings (SSSR count). The monoisotopic (exact) mass is 261 g/mol. The van der Waals surface area contributed by atoms with Crippen molar-refractivity contribution in [2.45, 2.75) is 43.7 Å². The van der Waals surface area contributed by atoms with Gasteiger partial charge in [0.05, 0.1) is 7.11 Å². The first-order valence-electron chi connectivity index (χ1n) is 7.33. The molecule has 0 aliphatic carbocycles. The van der Waals surface area contributed by atoms with Crippen molar-refractivity contribution >= 4 is 0 Å². The summed E-state index contributed by atoms with van der Waals surface area (Å²) in [5, 5.41) is 11.1. The van der Waals surface area contributed by atoms with E-state index in [1.807, 2.05) is 24.3 Å². The number of hydrogen-bond acceptors (Lipinski definition) is 3. The first kappa shape index (κ1) is 12.9. The zero-order chi connectivity index (χ0) is 13.3. The SMILES string of the molecule is COc1ccccc1C1(O)CCC2CCCCN2C1. The fourth-order valence-corrected chi connectivity index (χ4v) is 3.66. The van der Waals surface area contributed by atoms with Gasteiger partial charge in [0.2, 0.25) is 0 Å². The Balaban J connectivity index is 1.86. The minimum absolute atomic E-state index is 0.684. The maximum Gasteiger partial charge on any atom is 0.124 e. The van der Waals surface area contributed by atoms with E-state index in [4.69, 9.17) is 4.74 Å². The van der Waals surface area contributed by atoms with E-state index in [9.17, 15) is 5.11 Å². The molecule has 2 aliphatic rings. The van der Waals surface area contributed by atoms with E-state index in [2.05, 4.69) is 4.90 Å². The van der Waals surface area contributed by atoms with Crippen LogP contribution in [0.4, 0.5) is 0 Å². The predicted molar refractivity (Wildman–Crippen MR) is 75.3 cm³/mol. The van der Waals surface area contributed by atoms with Crippen LogP contribution in [0.5, 0.6) is 5.75 Å². The second kappa shape index (κ2) is 5.14. The van der Waals surface area contributed by atoms with Gasteiger partial charge in [-0.3, -0.25) is 4.90 Å². The van der Waals surface area contributed by atoms with Gasteiger partial charge in [-0.1, -0.05) is 24.6 Å². The summed E-state index contributed by atoms with van der Waals surface area (Å²) >= 11 is 0. The molecule has 0 radical (unpaired) electrons. The summed E-state index contributed by atoms with van der Waals surface area (Å²) in [7, 11) is 1.68. The van der Waals surface area contributed by atoms with E-state index in [1.54, 1.807) is 7.11 Å². The number of hydrogen-bond donors (Lipinski definition) is 1. The summed E-state index contributed by atoms with van der Waals surface area (Å²) in [5.41, 5.74) is 0.196. The number of para-hydroxylation sites is 1. The summed E-state index contributed by atoms with van der Waals surface area (Å²) in [6.07, 6.45) is 5.83. The van der Waals surface area contributed by atoms with Crippen molar-refractivity contribution in [3.8, 4) is 5.75 Å². The number of rotatable bonds is 2. The minimum Gasteiger partial charge on any atom is -0.496 e. The van der Waals surface area contributed by atoms with Crippen LogP contribution in [0.25, 0.3) is 0 Å². The van der Waals surface area contributed by atoms with Gasteiger partial charge in [-0.15, -0.1) is 0 Å². The number of aliphatic hydroxyl groups is 1. The van der Waals surface area contributed by atoms with Crippen molar-refractivity contribution in [2.75, 3.05) is 20.2 Å². The van der Waals surface area contributed by atoms with E-state index >= 15 is 0 Å². The molecule has 19 heavy (non-hydrogen) atoms. The zero-order valence-corrected chi connectivity index (χ0v) is 11.6. The second-order valence-electron chi connectivity index (χ2n) is 5.89. The van der Waals surface area contributed by atoms with E-state index in [1.165, 1.54) is 19.3 Å². The Hall–Kier alpha value is -1.06. The highest BCUT2D eigenvalue weighted by molar-refractivity contribution is 5.38. The van der Waals surface area contributed by atoms with Crippen LogP contribution in [0.3, 0.4) is 0 Å². The highest BCUT2D eigenvalue weighted by Gasteiger charge is 2.41. The molecule has 2 fully saturated rings.